The van der Waals surface area contributed by atoms with E-state index in [9.17, 15) is 8.42 Å². The lowest BCUT2D eigenvalue weighted by atomic mass is 9.75. The Morgan fingerprint density at radius 1 is 1.21 bits per heavy atom. The lowest BCUT2D eigenvalue weighted by Gasteiger charge is -2.35. The van der Waals surface area contributed by atoms with Gasteiger partial charge in [0.15, 0.2) is 15.8 Å². The van der Waals surface area contributed by atoms with Crippen LogP contribution >= 0.6 is 24.0 Å². The maximum Gasteiger partial charge on any atom is 0.191 e. The summed E-state index contributed by atoms with van der Waals surface area (Å²) in [4.78, 5) is 4.88. The van der Waals surface area contributed by atoms with Crippen molar-refractivity contribution < 1.29 is 13.2 Å². The van der Waals surface area contributed by atoms with Gasteiger partial charge in [-0.25, -0.2) is 13.4 Å². The number of rotatable bonds is 7. The SMILES string of the molecule is CCNC(=NCCOc1ccc(S(C)(=O)=O)cc1)NC1CCC(C)(C)CC1.I. The second kappa shape index (κ2) is 11.2. The fourth-order valence-corrected chi connectivity index (χ4v) is 3.79. The highest BCUT2D eigenvalue weighted by Crippen LogP contribution is 2.34. The number of nitrogens with zero attached hydrogens (tertiary/aromatic N) is 1. The van der Waals surface area contributed by atoms with Gasteiger partial charge in [0.1, 0.15) is 12.4 Å². The normalized spacial score (nSPS) is 17.5. The Hall–Kier alpha value is -1.03. The molecule has 0 amide bonds. The quantitative estimate of drug-likeness (QED) is 0.247. The smallest absolute Gasteiger partial charge is 0.191 e. The van der Waals surface area contributed by atoms with E-state index >= 15 is 0 Å². The van der Waals surface area contributed by atoms with Gasteiger partial charge in [-0.3, -0.25) is 0 Å². The number of aliphatic imine (C=N–C) groups is 1. The van der Waals surface area contributed by atoms with Gasteiger partial charge in [-0.15, -0.1) is 24.0 Å². The van der Waals surface area contributed by atoms with Gasteiger partial charge in [0.2, 0.25) is 0 Å². The molecule has 0 heterocycles. The molecule has 0 aromatic heterocycles. The Morgan fingerprint density at radius 2 is 1.82 bits per heavy atom. The molecule has 0 bridgehead atoms. The molecule has 0 spiro atoms. The fourth-order valence-electron chi connectivity index (χ4n) is 3.16. The van der Waals surface area contributed by atoms with Crippen molar-refractivity contribution in [1.82, 2.24) is 10.6 Å². The third kappa shape index (κ3) is 8.55. The van der Waals surface area contributed by atoms with Crippen LogP contribution in [0, 0.1) is 5.41 Å². The number of benzene rings is 1. The largest absolute Gasteiger partial charge is 0.492 e. The molecule has 160 valence electrons. The maximum atomic E-state index is 11.5. The van der Waals surface area contributed by atoms with Crippen LogP contribution in [0.4, 0.5) is 0 Å². The summed E-state index contributed by atoms with van der Waals surface area (Å²) in [6.07, 6.45) is 5.99. The van der Waals surface area contributed by atoms with Crippen molar-refractivity contribution in [3.05, 3.63) is 24.3 Å². The number of sulfone groups is 1. The third-order valence-electron chi connectivity index (χ3n) is 4.91. The molecule has 1 aliphatic carbocycles. The van der Waals surface area contributed by atoms with E-state index in [0.717, 1.165) is 12.5 Å². The molecule has 6 nitrogen and oxygen atoms in total. The summed E-state index contributed by atoms with van der Waals surface area (Å²) in [6.45, 7) is 8.51. The van der Waals surface area contributed by atoms with Gasteiger partial charge in [-0.05, 0) is 62.3 Å². The zero-order chi connectivity index (χ0) is 19.9. The highest BCUT2D eigenvalue weighted by Gasteiger charge is 2.27. The summed E-state index contributed by atoms with van der Waals surface area (Å²) < 4.78 is 28.6. The van der Waals surface area contributed by atoms with Crippen molar-refractivity contribution in [2.45, 2.75) is 57.4 Å². The maximum absolute atomic E-state index is 11.5. The van der Waals surface area contributed by atoms with Crippen LogP contribution < -0.4 is 15.4 Å². The van der Waals surface area contributed by atoms with Crippen LogP contribution in [0.3, 0.4) is 0 Å². The Morgan fingerprint density at radius 3 is 2.36 bits per heavy atom. The number of halogens is 1. The fraction of sp³-hybridized carbons (Fsp3) is 0.650. The topological polar surface area (TPSA) is 79.8 Å². The van der Waals surface area contributed by atoms with Crippen molar-refractivity contribution >= 4 is 39.8 Å². The van der Waals surface area contributed by atoms with E-state index in [4.69, 9.17) is 4.74 Å². The summed E-state index contributed by atoms with van der Waals surface area (Å²) in [6, 6.07) is 6.94. The molecule has 0 aliphatic heterocycles. The first-order valence-corrected chi connectivity index (χ1v) is 11.6. The Balaban J connectivity index is 0.00000392. The molecule has 1 saturated carbocycles. The monoisotopic (exact) mass is 523 g/mol. The van der Waals surface area contributed by atoms with Crippen molar-refractivity contribution in [3.8, 4) is 5.75 Å². The molecular weight excluding hydrogens is 489 g/mol. The van der Waals surface area contributed by atoms with Crippen LogP contribution in [-0.2, 0) is 9.84 Å². The van der Waals surface area contributed by atoms with E-state index in [1.54, 1.807) is 24.3 Å². The van der Waals surface area contributed by atoms with Gasteiger partial charge in [0.25, 0.3) is 0 Å². The van der Waals surface area contributed by atoms with E-state index in [1.165, 1.54) is 31.9 Å². The van der Waals surface area contributed by atoms with Gasteiger partial charge in [0.05, 0.1) is 11.4 Å². The van der Waals surface area contributed by atoms with E-state index < -0.39 is 9.84 Å². The molecule has 1 aliphatic rings. The summed E-state index contributed by atoms with van der Waals surface area (Å²) in [7, 11) is -3.18. The summed E-state index contributed by atoms with van der Waals surface area (Å²) >= 11 is 0. The van der Waals surface area contributed by atoms with Crippen LogP contribution in [0.15, 0.2) is 34.2 Å². The molecule has 8 heteroatoms. The number of hydrogen-bond acceptors (Lipinski definition) is 4. The Labute approximate surface area is 186 Å². The number of ether oxygens (including phenoxy) is 1. The zero-order valence-electron chi connectivity index (χ0n) is 17.3. The van der Waals surface area contributed by atoms with E-state index in [0.29, 0.717) is 35.3 Å². The van der Waals surface area contributed by atoms with Crippen molar-refractivity contribution in [2.24, 2.45) is 10.4 Å². The molecule has 1 fully saturated rings. The van der Waals surface area contributed by atoms with Crippen molar-refractivity contribution in [1.29, 1.82) is 0 Å². The van der Waals surface area contributed by atoms with Crippen LogP contribution in [0.1, 0.15) is 46.5 Å². The second-order valence-corrected chi connectivity index (χ2v) is 9.95. The molecule has 28 heavy (non-hydrogen) atoms. The number of hydrogen-bond donors (Lipinski definition) is 2. The first-order valence-electron chi connectivity index (χ1n) is 9.67. The lowest BCUT2D eigenvalue weighted by molar-refractivity contribution is 0.216. The lowest BCUT2D eigenvalue weighted by Crippen LogP contribution is -2.45. The number of nitrogens with one attached hydrogen (secondary N) is 2. The minimum atomic E-state index is -3.18. The van der Waals surface area contributed by atoms with Crippen molar-refractivity contribution in [2.75, 3.05) is 26.0 Å². The molecule has 1 aromatic carbocycles. The van der Waals surface area contributed by atoms with Crippen LogP contribution in [0.5, 0.6) is 5.75 Å². The predicted molar refractivity (Wildman–Crippen MR) is 126 cm³/mol. The van der Waals surface area contributed by atoms with Crippen LogP contribution in [0.25, 0.3) is 0 Å². The molecule has 0 saturated heterocycles. The van der Waals surface area contributed by atoms with E-state index in [1.807, 2.05) is 0 Å². The predicted octanol–water partition coefficient (Wildman–Crippen LogP) is 3.61. The molecule has 0 unspecified atom stereocenters. The van der Waals surface area contributed by atoms with Gasteiger partial charge in [0, 0.05) is 18.8 Å². The summed E-state index contributed by atoms with van der Waals surface area (Å²) in [5.41, 5.74) is 0.453. The first-order chi connectivity index (χ1) is 12.7. The standard InChI is InChI=1S/C20H33N3O3S.HI/c1-5-21-19(23-16-10-12-20(2,3)13-11-16)22-14-15-26-17-6-8-18(9-7-17)27(4,24)25;/h6-9,16H,5,10-15H2,1-4H3,(H2,21,22,23);1H. The number of guanidine groups is 1. The molecule has 0 radical (unpaired) electrons. The first kappa shape index (κ1) is 25.0. The van der Waals surface area contributed by atoms with Crippen LogP contribution in [0.2, 0.25) is 0 Å². The van der Waals surface area contributed by atoms with Gasteiger partial charge in [-0.2, -0.15) is 0 Å². The Bertz CT molecular complexity index is 724. The average molecular weight is 523 g/mol. The van der Waals surface area contributed by atoms with E-state index in [-0.39, 0.29) is 24.0 Å². The molecule has 0 atom stereocenters. The highest BCUT2D eigenvalue weighted by molar-refractivity contribution is 14.0. The summed E-state index contributed by atoms with van der Waals surface area (Å²) in [5, 5.41) is 6.82. The molecule has 2 N–H and O–H groups in total. The van der Waals surface area contributed by atoms with Gasteiger partial charge in [-0.1, -0.05) is 13.8 Å². The van der Waals surface area contributed by atoms with E-state index in [2.05, 4.69) is 36.4 Å². The minimum absolute atomic E-state index is 0. The Kier molecular flexibility index (Phi) is 10.0. The van der Waals surface area contributed by atoms with Gasteiger partial charge >= 0.3 is 0 Å². The zero-order valence-corrected chi connectivity index (χ0v) is 20.5. The minimum Gasteiger partial charge on any atom is -0.492 e. The van der Waals surface area contributed by atoms with Gasteiger partial charge < -0.3 is 15.4 Å². The second-order valence-electron chi connectivity index (χ2n) is 7.94. The molecule has 2 rings (SSSR count). The molecular formula is C20H34IN3O3S. The summed E-state index contributed by atoms with van der Waals surface area (Å²) in [5.74, 6) is 1.48. The molecule has 1 aromatic rings. The van der Waals surface area contributed by atoms with Crippen LogP contribution in [-0.4, -0.2) is 46.4 Å². The third-order valence-corrected chi connectivity index (χ3v) is 6.03. The van der Waals surface area contributed by atoms with Crippen molar-refractivity contribution in [3.63, 3.8) is 0 Å². The highest BCUT2D eigenvalue weighted by atomic mass is 127. The average Bonchev–Trinajstić information content (AvgIpc) is 2.60.